The van der Waals surface area contributed by atoms with Gasteiger partial charge in [-0.1, -0.05) is 35.9 Å². The number of thiophene rings is 1. The standard InChI is InChI=1S/C24H23ClN4OS/c1-29-12-5-6-15(14-29)26-24(30)18-8-4-7-16-17-11-13-31-22(17)23(28-21(16)18)27-20-10-3-2-9-19(20)25/h2-4,7-11,13,15H,5-6,12,14H2,1H3,(H,26,30)(H,27,28). The molecule has 1 saturated heterocycles. The van der Waals surface area contributed by atoms with E-state index in [0.717, 1.165) is 47.1 Å². The number of hydrogen-bond acceptors (Lipinski definition) is 5. The minimum atomic E-state index is -0.0725. The van der Waals surface area contributed by atoms with Crippen molar-refractivity contribution in [3.05, 3.63) is 64.5 Å². The van der Waals surface area contributed by atoms with E-state index in [1.165, 1.54) is 0 Å². The number of benzene rings is 2. The molecule has 158 valence electrons. The number of carbonyl (C=O) groups is 1. The minimum Gasteiger partial charge on any atom is -0.348 e. The summed E-state index contributed by atoms with van der Waals surface area (Å²) in [7, 11) is 2.09. The molecule has 2 aromatic heterocycles. The maximum atomic E-state index is 13.2. The Morgan fingerprint density at radius 3 is 2.87 bits per heavy atom. The number of likely N-dealkylation sites (tertiary alicyclic amines) is 1. The third-order valence-electron chi connectivity index (χ3n) is 5.76. The van der Waals surface area contributed by atoms with E-state index < -0.39 is 0 Å². The summed E-state index contributed by atoms with van der Waals surface area (Å²) < 4.78 is 1.04. The Labute approximate surface area is 190 Å². The Hall–Kier alpha value is -2.67. The van der Waals surface area contributed by atoms with Gasteiger partial charge in [0.15, 0.2) is 0 Å². The van der Waals surface area contributed by atoms with Gasteiger partial charge in [-0.25, -0.2) is 4.98 Å². The molecule has 31 heavy (non-hydrogen) atoms. The summed E-state index contributed by atoms with van der Waals surface area (Å²) in [4.78, 5) is 20.4. The van der Waals surface area contributed by atoms with Crippen LogP contribution in [0.25, 0.3) is 21.0 Å². The average molecular weight is 451 g/mol. The Balaban J connectivity index is 1.57. The zero-order chi connectivity index (χ0) is 21.4. The summed E-state index contributed by atoms with van der Waals surface area (Å²) >= 11 is 7.99. The van der Waals surface area contributed by atoms with Crippen molar-refractivity contribution in [2.24, 2.45) is 0 Å². The normalized spacial score (nSPS) is 17.2. The fourth-order valence-corrected chi connectivity index (χ4v) is 5.29. The average Bonchev–Trinajstić information content (AvgIpc) is 3.26. The molecule has 0 aliphatic carbocycles. The number of piperidine rings is 1. The zero-order valence-corrected chi connectivity index (χ0v) is 18.8. The van der Waals surface area contributed by atoms with Crippen LogP contribution in [0, 0.1) is 0 Å². The van der Waals surface area contributed by atoms with Gasteiger partial charge in [-0.05, 0) is 56.1 Å². The summed E-state index contributed by atoms with van der Waals surface area (Å²) in [6, 6.07) is 15.7. The van der Waals surface area contributed by atoms with Crippen molar-refractivity contribution in [1.82, 2.24) is 15.2 Å². The molecule has 0 spiro atoms. The van der Waals surface area contributed by atoms with E-state index in [4.69, 9.17) is 16.6 Å². The van der Waals surface area contributed by atoms with Gasteiger partial charge in [-0.3, -0.25) is 4.79 Å². The summed E-state index contributed by atoms with van der Waals surface area (Å²) in [5.41, 5.74) is 2.09. The van der Waals surface area contributed by atoms with Crippen LogP contribution in [0.1, 0.15) is 23.2 Å². The van der Waals surface area contributed by atoms with Gasteiger partial charge in [0.05, 0.1) is 26.5 Å². The number of hydrogen-bond donors (Lipinski definition) is 2. The molecule has 1 aliphatic heterocycles. The predicted molar refractivity (Wildman–Crippen MR) is 130 cm³/mol. The van der Waals surface area contributed by atoms with Gasteiger partial charge >= 0.3 is 0 Å². The maximum absolute atomic E-state index is 13.2. The highest BCUT2D eigenvalue weighted by Gasteiger charge is 2.22. The van der Waals surface area contributed by atoms with Gasteiger partial charge in [-0.15, -0.1) is 11.3 Å². The quantitative estimate of drug-likeness (QED) is 0.420. The molecule has 1 atom stereocenters. The Morgan fingerprint density at radius 2 is 2.03 bits per heavy atom. The lowest BCUT2D eigenvalue weighted by atomic mass is 10.0. The van der Waals surface area contributed by atoms with Crippen LogP contribution in [0.2, 0.25) is 5.02 Å². The lowest BCUT2D eigenvalue weighted by Crippen LogP contribution is -2.46. The highest BCUT2D eigenvalue weighted by molar-refractivity contribution is 7.18. The topological polar surface area (TPSA) is 57.3 Å². The lowest BCUT2D eigenvalue weighted by Gasteiger charge is -2.30. The largest absolute Gasteiger partial charge is 0.348 e. The number of nitrogens with one attached hydrogen (secondary N) is 2. The first kappa shape index (κ1) is 20.2. The lowest BCUT2D eigenvalue weighted by molar-refractivity contribution is 0.0914. The molecule has 1 unspecified atom stereocenters. The molecular formula is C24H23ClN4OS. The Kier molecular flexibility index (Phi) is 5.52. The van der Waals surface area contributed by atoms with Crippen LogP contribution in [-0.4, -0.2) is 42.0 Å². The molecule has 5 rings (SSSR count). The molecule has 0 radical (unpaired) electrons. The van der Waals surface area contributed by atoms with Crippen molar-refractivity contribution in [2.45, 2.75) is 18.9 Å². The number of pyridine rings is 1. The number of rotatable bonds is 4. The van der Waals surface area contributed by atoms with E-state index in [1.54, 1.807) is 11.3 Å². The Morgan fingerprint density at radius 1 is 1.16 bits per heavy atom. The van der Waals surface area contributed by atoms with Crippen molar-refractivity contribution in [3.63, 3.8) is 0 Å². The first-order valence-corrected chi connectivity index (χ1v) is 11.7. The first-order chi connectivity index (χ1) is 15.1. The zero-order valence-electron chi connectivity index (χ0n) is 17.2. The second-order valence-electron chi connectivity index (χ2n) is 8.01. The third kappa shape index (κ3) is 3.99. The molecule has 1 fully saturated rings. The highest BCUT2D eigenvalue weighted by Crippen LogP contribution is 2.37. The van der Waals surface area contributed by atoms with Gasteiger partial charge in [0.25, 0.3) is 5.91 Å². The number of carbonyl (C=O) groups excluding carboxylic acids is 1. The van der Waals surface area contributed by atoms with Gasteiger partial charge in [0.1, 0.15) is 5.82 Å². The smallest absolute Gasteiger partial charge is 0.253 e. The molecule has 0 saturated carbocycles. The van der Waals surface area contributed by atoms with E-state index >= 15 is 0 Å². The molecule has 0 bridgehead atoms. The molecular weight excluding hydrogens is 428 g/mol. The minimum absolute atomic E-state index is 0.0725. The number of anilines is 2. The molecule has 1 amide bonds. The van der Waals surface area contributed by atoms with Crippen LogP contribution in [0.15, 0.2) is 53.9 Å². The number of likely N-dealkylation sites (N-methyl/N-ethyl adjacent to an activating group) is 1. The summed E-state index contributed by atoms with van der Waals surface area (Å²) in [6.07, 6.45) is 2.10. The van der Waals surface area contributed by atoms with Gasteiger partial charge in [-0.2, -0.15) is 0 Å². The van der Waals surface area contributed by atoms with Crippen molar-refractivity contribution in [3.8, 4) is 0 Å². The van der Waals surface area contributed by atoms with E-state index in [1.807, 2.05) is 47.8 Å². The fourth-order valence-electron chi connectivity index (χ4n) is 4.25. The van der Waals surface area contributed by atoms with Gasteiger partial charge < -0.3 is 15.5 Å². The third-order valence-corrected chi connectivity index (χ3v) is 7.01. The van der Waals surface area contributed by atoms with Crippen LogP contribution in [0.5, 0.6) is 0 Å². The van der Waals surface area contributed by atoms with Crippen molar-refractivity contribution >= 4 is 61.3 Å². The summed E-state index contributed by atoms with van der Waals surface area (Å²) in [6.45, 7) is 1.95. The maximum Gasteiger partial charge on any atom is 0.253 e. The van der Waals surface area contributed by atoms with Crippen LogP contribution in [0.4, 0.5) is 11.5 Å². The van der Waals surface area contributed by atoms with E-state index in [0.29, 0.717) is 21.9 Å². The number of para-hydroxylation sites is 2. The van der Waals surface area contributed by atoms with Gasteiger partial charge in [0, 0.05) is 23.4 Å². The van der Waals surface area contributed by atoms with Crippen LogP contribution in [0.3, 0.4) is 0 Å². The predicted octanol–water partition coefficient (Wildman–Crippen LogP) is 5.67. The Bertz CT molecular complexity index is 1270. The van der Waals surface area contributed by atoms with Crippen molar-refractivity contribution in [2.75, 3.05) is 25.5 Å². The fraction of sp³-hybridized carbons (Fsp3) is 0.250. The van der Waals surface area contributed by atoms with Crippen LogP contribution in [-0.2, 0) is 0 Å². The number of fused-ring (bicyclic) bond motifs is 3. The first-order valence-electron chi connectivity index (χ1n) is 10.4. The van der Waals surface area contributed by atoms with Crippen LogP contribution < -0.4 is 10.6 Å². The monoisotopic (exact) mass is 450 g/mol. The highest BCUT2D eigenvalue weighted by atomic mass is 35.5. The molecule has 5 nitrogen and oxygen atoms in total. The molecule has 2 N–H and O–H groups in total. The molecule has 3 heterocycles. The summed E-state index contributed by atoms with van der Waals surface area (Å²) in [5, 5.41) is 11.3. The number of halogens is 1. The van der Waals surface area contributed by atoms with Gasteiger partial charge in [0.2, 0.25) is 0 Å². The second kappa shape index (κ2) is 8.46. The SMILES string of the molecule is CN1CCCC(NC(=O)c2cccc3c2nc(Nc2ccccc2Cl)c2sccc23)C1. The van der Waals surface area contributed by atoms with Crippen molar-refractivity contribution < 1.29 is 4.79 Å². The number of aromatic nitrogens is 1. The second-order valence-corrected chi connectivity index (χ2v) is 9.33. The summed E-state index contributed by atoms with van der Waals surface area (Å²) in [5.74, 6) is 0.639. The molecule has 4 aromatic rings. The van der Waals surface area contributed by atoms with Crippen LogP contribution >= 0.6 is 22.9 Å². The molecule has 2 aromatic carbocycles. The molecule has 7 heteroatoms. The molecule has 1 aliphatic rings. The van der Waals surface area contributed by atoms with Crippen molar-refractivity contribution in [1.29, 1.82) is 0 Å². The van der Waals surface area contributed by atoms with E-state index in [2.05, 4.69) is 28.6 Å². The van der Waals surface area contributed by atoms with E-state index in [9.17, 15) is 4.79 Å². The number of amides is 1. The van der Waals surface area contributed by atoms with E-state index in [-0.39, 0.29) is 11.9 Å². The number of nitrogens with zero attached hydrogens (tertiary/aromatic N) is 2.